The van der Waals surface area contributed by atoms with Gasteiger partial charge in [-0.05, 0) is 55.0 Å². The number of amides is 1. The Hall–Kier alpha value is -2.02. The molecule has 0 spiro atoms. The largest absolute Gasteiger partial charge is 0.418 e. The molecule has 3 nitrogen and oxygen atoms in total. The summed E-state index contributed by atoms with van der Waals surface area (Å²) >= 11 is 1.38. The molecule has 140 valence electrons. The zero-order valence-electron chi connectivity index (χ0n) is 14.9. The number of hydrogen-bond acceptors (Lipinski definition) is 3. The van der Waals surface area contributed by atoms with Crippen molar-refractivity contribution in [3.63, 3.8) is 0 Å². The number of fused-ring (bicyclic) bond motifs is 1. The fraction of sp³-hybridized carbons (Fsp3) is 0.421. The minimum Gasteiger partial charge on any atom is -0.378 e. The Kier molecular flexibility index (Phi) is 5.01. The SMILES string of the molecule is CC1CCc2sc(C(=O)Nc3ccc(N(C)C)cc3C(F)(F)F)cc2C1. The van der Waals surface area contributed by atoms with E-state index in [1.807, 2.05) is 6.07 Å². The molecular formula is C19H21F3N2OS. The fourth-order valence-electron chi connectivity index (χ4n) is 3.16. The van der Waals surface area contributed by atoms with Crippen molar-refractivity contribution in [1.29, 1.82) is 0 Å². The lowest BCUT2D eigenvalue weighted by Gasteiger charge is -2.18. The summed E-state index contributed by atoms with van der Waals surface area (Å²) in [6.07, 6.45) is -1.61. The number of carbonyl (C=O) groups is 1. The molecule has 1 heterocycles. The molecule has 1 aromatic heterocycles. The molecule has 1 N–H and O–H groups in total. The van der Waals surface area contributed by atoms with Gasteiger partial charge < -0.3 is 10.2 Å². The number of anilines is 2. The van der Waals surface area contributed by atoms with Crippen LogP contribution in [0.3, 0.4) is 0 Å². The van der Waals surface area contributed by atoms with Gasteiger partial charge in [0.25, 0.3) is 5.91 Å². The third kappa shape index (κ3) is 3.87. The Bertz CT molecular complexity index is 827. The third-order valence-electron chi connectivity index (χ3n) is 4.63. The number of nitrogens with zero attached hydrogens (tertiary/aromatic N) is 1. The number of hydrogen-bond donors (Lipinski definition) is 1. The molecule has 3 rings (SSSR count). The van der Waals surface area contributed by atoms with Crippen molar-refractivity contribution in [3.05, 3.63) is 45.1 Å². The van der Waals surface area contributed by atoms with Gasteiger partial charge in [0.05, 0.1) is 16.1 Å². The number of rotatable bonds is 3. The van der Waals surface area contributed by atoms with Crippen LogP contribution < -0.4 is 10.2 Å². The summed E-state index contributed by atoms with van der Waals surface area (Å²) in [5.74, 6) is 0.0866. The topological polar surface area (TPSA) is 32.3 Å². The summed E-state index contributed by atoms with van der Waals surface area (Å²) in [4.78, 5) is 15.8. The van der Waals surface area contributed by atoms with Crippen LogP contribution in [0.1, 0.15) is 39.0 Å². The smallest absolute Gasteiger partial charge is 0.378 e. The Morgan fingerprint density at radius 2 is 2.00 bits per heavy atom. The van der Waals surface area contributed by atoms with E-state index in [1.54, 1.807) is 25.1 Å². The highest BCUT2D eigenvalue weighted by Gasteiger charge is 2.34. The Morgan fingerprint density at radius 3 is 2.65 bits per heavy atom. The number of halogens is 3. The molecule has 1 aliphatic carbocycles. The molecule has 1 unspecified atom stereocenters. The van der Waals surface area contributed by atoms with Gasteiger partial charge in [-0.15, -0.1) is 11.3 Å². The van der Waals surface area contributed by atoms with Crippen molar-refractivity contribution in [2.24, 2.45) is 5.92 Å². The average Bonchev–Trinajstić information content (AvgIpc) is 2.97. The van der Waals surface area contributed by atoms with Gasteiger partial charge in [0.15, 0.2) is 0 Å². The second-order valence-electron chi connectivity index (χ2n) is 6.98. The van der Waals surface area contributed by atoms with Crippen molar-refractivity contribution in [1.82, 2.24) is 0 Å². The molecule has 1 aromatic carbocycles. The van der Waals surface area contributed by atoms with Gasteiger partial charge in [0.1, 0.15) is 0 Å². The van der Waals surface area contributed by atoms with E-state index in [0.29, 0.717) is 16.5 Å². The van der Waals surface area contributed by atoms with E-state index in [0.717, 1.165) is 30.9 Å². The molecule has 2 aromatic rings. The van der Waals surface area contributed by atoms with E-state index in [2.05, 4.69) is 12.2 Å². The summed E-state index contributed by atoms with van der Waals surface area (Å²) in [5.41, 5.74) is 0.522. The first-order valence-electron chi connectivity index (χ1n) is 8.46. The monoisotopic (exact) mass is 382 g/mol. The zero-order chi connectivity index (χ0) is 19.1. The molecule has 0 saturated heterocycles. The molecule has 0 radical (unpaired) electrons. The van der Waals surface area contributed by atoms with Gasteiger partial charge in [0.2, 0.25) is 0 Å². The maximum Gasteiger partial charge on any atom is 0.418 e. The minimum absolute atomic E-state index is 0.215. The number of carbonyl (C=O) groups excluding carboxylic acids is 1. The van der Waals surface area contributed by atoms with Crippen LogP contribution in [0.4, 0.5) is 24.5 Å². The van der Waals surface area contributed by atoms with E-state index in [-0.39, 0.29) is 5.69 Å². The Labute approximate surface area is 154 Å². The number of aryl methyl sites for hydroxylation is 1. The van der Waals surface area contributed by atoms with Gasteiger partial charge in [-0.25, -0.2) is 0 Å². The molecule has 0 bridgehead atoms. The van der Waals surface area contributed by atoms with Gasteiger partial charge in [-0.3, -0.25) is 4.79 Å². The van der Waals surface area contributed by atoms with Crippen molar-refractivity contribution in [2.75, 3.05) is 24.3 Å². The van der Waals surface area contributed by atoms with Crippen LogP contribution in [0.25, 0.3) is 0 Å². The molecule has 1 aliphatic rings. The van der Waals surface area contributed by atoms with Gasteiger partial charge in [-0.2, -0.15) is 13.2 Å². The lowest BCUT2D eigenvalue weighted by molar-refractivity contribution is -0.136. The highest BCUT2D eigenvalue weighted by molar-refractivity contribution is 7.14. The predicted octanol–water partition coefficient (Wildman–Crippen LogP) is 5.21. The first-order valence-corrected chi connectivity index (χ1v) is 9.28. The zero-order valence-corrected chi connectivity index (χ0v) is 15.7. The highest BCUT2D eigenvalue weighted by Crippen LogP contribution is 2.38. The van der Waals surface area contributed by atoms with E-state index in [1.165, 1.54) is 22.3 Å². The van der Waals surface area contributed by atoms with E-state index >= 15 is 0 Å². The molecule has 0 saturated carbocycles. The molecule has 26 heavy (non-hydrogen) atoms. The first kappa shape index (κ1) is 18.8. The van der Waals surface area contributed by atoms with Crippen LogP contribution in [0.5, 0.6) is 0 Å². The van der Waals surface area contributed by atoms with Gasteiger partial charge in [-0.1, -0.05) is 6.92 Å². The second-order valence-corrected chi connectivity index (χ2v) is 8.12. The van der Waals surface area contributed by atoms with E-state index in [9.17, 15) is 18.0 Å². The predicted molar refractivity (Wildman–Crippen MR) is 99.2 cm³/mol. The molecular weight excluding hydrogens is 361 g/mol. The number of thiophene rings is 1. The normalized spacial score (nSPS) is 16.9. The lowest BCUT2D eigenvalue weighted by atomic mass is 9.90. The molecule has 0 aliphatic heterocycles. The standard InChI is InChI=1S/C19H21F3N2OS/c1-11-4-7-16-12(8-11)9-17(26-16)18(25)23-15-6-5-13(24(2)3)10-14(15)19(20,21)22/h5-6,9-11H,4,7-8H2,1-3H3,(H,23,25). The molecule has 0 fully saturated rings. The summed E-state index contributed by atoms with van der Waals surface area (Å²) < 4.78 is 40.2. The van der Waals surface area contributed by atoms with Crippen LogP contribution in [0.2, 0.25) is 0 Å². The maximum atomic E-state index is 13.4. The lowest BCUT2D eigenvalue weighted by Crippen LogP contribution is -2.17. The van der Waals surface area contributed by atoms with Crippen LogP contribution in [0.15, 0.2) is 24.3 Å². The minimum atomic E-state index is -4.54. The molecule has 7 heteroatoms. The van der Waals surface area contributed by atoms with Gasteiger partial charge in [0, 0.05) is 24.7 Å². The van der Waals surface area contributed by atoms with Crippen LogP contribution in [-0.4, -0.2) is 20.0 Å². The summed E-state index contributed by atoms with van der Waals surface area (Å²) in [5, 5.41) is 2.45. The average molecular weight is 382 g/mol. The Balaban J connectivity index is 1.88. The fourth-order valence-corrected chi connectivity index (χ4v) is 4.26. The highest BCUT2D eigenvalue weighted by atomic mass is 32.1. The number of alkyl halides is 3. The second kappa shape index (κ2) is 6.95. The Morgan fingerprint density at radius 1 is 1.27 bits per heavy atom. The van der Waals surface area contributed by atoms with E-state index in [4.69, 9.17) is 0 Å². The van der Waals surface area contributed by atoms with Crippen LogP contribution in [-0.2, 0) is 19.0 Å². The molecule has 1 amide bonds. The summed E-state index contributed by atoms with van der Waals surface area (Å²) in [6.45, 7) is 2.17. The number of nitrogens with one attached hydrogen (secondary N) is 1. The van der Waals surface area contributed by atoms with E-state index < -0.39 is 17.6 Å². The molecule has 1 atom stereocenters. The summed E-state index contributed by atoms with van der Waals surface area (Å²) in [6, 6.07) is 5.75. The van der Waals surface area contributed by atoms with Crippen molar-refractivity contribution in [2.45, 2.75) is 32.4 Å². The first-order chi connectivity index (χ1) is 12.1. The van der Waals surface area contributed by atoms with Crippen molar-refractivity contribution >= 4 is 28.6 Å². The quantitative estimate of drug-likeness (QED) is 0.790. The third-order valence-corrected chi connectivity index (χ3v) is 5.86. The van der Waals surface area contributed by atoms with Crippen LogP contribution in [0, 0.1) is 5.92 Å². The summed E-state index contributed by atoms with van der Waals surface area (Å²) in [7, 11) is 3.34. The van der Waals surface area contributed by atoms with Crippen molar-refractivity contribution in [3.8, 4) is 0 Å². The van der Waals surface area contributed by atoms with Gasteiger partial charge >= 0.3 is 6.18 Å². The van der Waals surface area contributed by atoms with Crippen molar-refractivity contribution < 1.29 is 18.0 Å². The maximum absolute atomic E-state index is 13.4. The van der Waals surface area contributed by atoms with Crippen LogP contribution >= 0.6 is 11.3 Å². The number of benzene rings is 1.